The molecule has 0 N–H and O–H groups in total. The lowest BCUT2D eigenvalue weighted by Crippen LogP contribution is -2.33. The number of hydrogen-bond acceptors (Lipinski definition) is 2. The molecular formula is C67H42N2O. The summed E-state index contributed by atoms with van der Waals surface area (Å²) in [5.41, 5.74) is 22.9. The van der Waals surface area contributed by atoms with Crippen LogP contribution in [0.15, 0.2) is 259 Å². The Morgan fingerprint density at radius 2 is 0.914 bits per heavy atom. The third kappa shape index (κ3) is 5.40. The molecular weight excluding hydrogens is 849 g/mol. The Morgan fingerprint density at radius 3 is 1.71 bits per heavy atom. The number of rotatable bonds is 6. The first kappa shape index (κ1) is 38.9. The molecule has 1 aliphatic heterocycles. The molecule has 13 aromatic rings. The van der Waals surface area contributed by atoms with E-state index >= 15 is 0 Å². The summed E-state index contributed by atoms with van der Waals surface area (Å²) in [4.78, 5) is 2.48. The first-order valence-electron chi connectivity index (χ1n) is 24.2. The van der Waals surface area contributed by atoms with E-state index in [2.05, 4.69) is 252 Å². The molecule has 3 nitrogen and oxygen atoms in total. The smallest absolute Gasteiger partial charge is 0.135 e. The lowest BCUT2D eigenvalue weighted by molar-refractivity contribution is 0.669. The standard InChI is InChI=1S/C67H42N2O/c1-2-17-44(18-3-1)48-19-4-5-20-49(48)52-23-8-13-30-61(52)68(46-36-33-43(34-37-46)45-35-40-65-56(41-45)54-25-10-15-32-64(54)70-65)47-38-39-63-60(42-47)67(57-27-11-6-21-50(57)51-22-7-12-28-58(51)67)59-29-16-26-55-53-24-9-14-31-62(53)69(63)66(55)59/h1-42H. The third-order valence-electron chi connectivity index (χ3n) is 15.2. The van der Waals surface area contributed by atoms with Gasteiger partial charge in [-0.25, -0.2) is 0 Å². The lowest BCUT2D eigenvalue weighted by Gasteiger charge is -2.40. The predicted molar refractivity (Wildman–Crippen MR) is 290 cm³/mol. The van der Waals surface area contributed by atoms with E-state index in [1.807, 2.05) is 12.1 Å². The van der Waals surface area contributed by atoms with Crippen LogP contribution in [0.1, 0.15) is 22.3 Å². The molecule has 15 rings (SSSR count). The van der Waals surface area contributed by atoms with Crippen LogP contribution >= 0.6 is 0 Å². The van der Waals surface area contributed by atoms with Crippen molar-refractivity contribution in [2.75, 3.05) is 4.90 Å². The first-order chi connectivity index (χ1) is 34.7. The fourth-order valence-corrected chi connectivity index (χ4v) is 12.3. The van der Waals surface area contributed by atoms with Gasteiger partial charge in [-0.05, 0) is 122 Å². The zero-order chi connectivity index (χ0) is 45.9. The molecule has 70 heavy (non-hydrogen) atoms. The fraction of sp³-hybridized carbons (Fsp3) is 0.0149. The largest absolute Gasteiger partial charge is 0.456 e. The maximum absolute atomic E-state index is 6.23. The van der Waals surface area contributed by atoms with E-state index < -0.39 is 5.41 Å². The third-order valence-corrected chi connectivity index (χ3v) is 15.2. The van der Waals surface area contributed by atoms with Crippen LogP contribution in [0.25, 0.3) is 93.9 Å². The quantitative estimate of drug-likeness (QED) is 0.166. The van der Waals surface area contributed by atoms with E-state index in [0.717, 1.165) is 55.7 Å². The summed E-state index contributed by atoms with van der Waals surface area (Å²) < 4.78 is 8.77. The Bertz CT molecular complexity index is 4200. The van der Waals surface area contributed by atoms with Crippen molar-refractivity contribution in [2.45, 2.75) is 5.41 Å². The molecule has 0 saturated carbocycles. The van der Waals surface area contributed by atoms with Gasteiger partial charge >= 0.3 is 0 Å². The maximum atomic E-state index is 6.23. The number of benzene rings is 11. The van der Waals surface area contributed by atoms with Crippen molar-refractivity contribution in [1.82, 2.24) is 4.57 Å². The topological polar surface area (TPSA) is 21.3 Å². The highest BCUT2D eigenvalue weighted by atomic mass is 16.3. The van der Waals surface area contributed by atoms with E-state index in [4.69, 9.17) is 4.42 Å². The van der Waals surface area contributed by atoms with Crippen LogP contribution < -0.4 is 4.90 Å². The SMILES string of the molecule is c1ccc(-c2ccccc2-c2ccccc2N(c2ccc(-c3ccc4oc5ccccc5c4c3)cc2)c2ccc3c(c2)C2(c4ccccc4-c4ccccc42)c2cccc4c5ccccc5n-3c24)cc1. The van der Waals surface area contributed by atoms with Crippen LogP contribution in [0, 0.1) is 0 Å². The van der Waals surface area contributed by atoms with Crippen molar-refractivity contribution in [3.8, 4) is 50.2 Å². The molecule has 0 fully saturated rings. The van der Waals surface area contributed by atoms with Gasteiger partial charge in [-0.15, -0.1) is 0 Å². The summed E-state index contributed by atoms with van der Waals surface area (Å²) in [6.45, 7) is 0. The number of nitrogens with zero attached hydrogens (tertiary/aromatic N) is 2. The average molecular weight is 891 g/mol. The monoisotopic (exact) mass is 890 g/mol. The van der Waals surface area contributed by atoms with Gasteiger partial charge in [0.2, 0.25) is 0 Å². The second kappa shape index (κ2) is 14.9. The summed E-state index contributed by atoms with van der Waals surface area (Å²) in [7, 11) is 0. The van der Waals surface area contributed by atoms with Crippen molar-refractivity contribution >= 4 is 60.8 Å². The zero-order valence-electron chi connectivity index (χ0n) is 38.1. The highest BCUT2D eigenvalue weighted by Gasteiger charge is 2.51. The van der Waals surface area contributed by atoms with Gasteiger partial charge in [0.1, 0.15) is 11.2 Å². The normalized spacial score (nSPS) is 13.0. The summed E-state index contributed by atoms with van der Waals surface area (Å²) in [5.74, 6) is 0. The molecule has 1 spiro atoms. The number of hydrogen-bond donors (Lipinski definition) is 0. The molecule has 1 aliphatic carbocycles. The maximum Gasteiger partial charge on any atom is 0.135 e. The van der Waals surface area contributed by atoms with Crippen molar-refractivity contribution < 1.29 is 4.42 Å². The molecule has 2 aliphatic rings. The van der Waals surface area contributed by atoms with Gasteiger partial charge in [-0.3, -0.25) is 0 Å². The van der Waals surface area contributed by atoms with Crippen LogP contribution in [0.5, 0.6) is 0 Å². The highest BCUT2D eigenvalue weighted by molar-refractivity contribution is 6.13. The molecule has 0 radical (unpaired) electrons. The number of para-hydroxylation sites is 4. The Labute approximate surface area is 405 Å². The molecule has 0 saturated heterocycles. The van der Waals surface area contributed by atoms with Gasteiger partial charge in [0.05, 0.1) is 27.8 Å². The summed E-state index contributed by atoms with van der Waals surface area (Å²) in [5, 5.41) is 4.79. The van der Waals surface area contributed by atoms with Gasteiger partial charge < -0.3 is 13.9 Å². The molecule has 326 valence electrons. The van der Waals surface area contributed by atoms with Crippen LogP contribution in [-0.2, 0) is 5.41 Å². The van der Waals surface area contributed by atoms with E-state index in [9.17, 15) is 0 Å². The highest BCUT2D eigenvalue weighted by Crippen LogP contribution is 2.62. The van der Waals surface area contributed by atoms with E-state index in [0.29, 0.717) is 0 Å². The fourth-order valence-electron chi connectivity index (χ4n) is 12.3. The molecule has 0 atom stereocenters. The van der Waals surface area contributed by atoms with Gasteiger partial charge in [0.15, 0.2) is 0 Å². The van der Waals surface area contributed by atoms with Crippen LogP contribution in [0.3, 0.4) is 0 Å². The number of fused-ring (bicyclic) bond motifs is 15. The Hall–Kier alpha value is -9.18. The van der Waals surface area contributed by atoms with Crippen molar-refractivity contribution in [3.63, 3.8) is 0 Å². The number of anilines is 3. The van der Waals surface area contributed by atoms with Crippen molar-refractivity contribution in [1.29, 1.82) is 0 Å². The lowest BCUT2D eigenvalue weighted by atomic mass is 9.65. The van der Waals surface area contributed by atoms with Crippen molar-refractivity contribution in [2.24, 2.45) is 0 Å². The van der Waals surface area contributed by atoms with Crippen LogP contribution in [-0.4, -0.2) is 4.57 Å². The summed E-state index contributed by atoms with van der Waals surface area (Å²) >= 11 is 0. The van der Waals surface area contributed by atoms with E-state index in [1.54, 1.807) is 0 Å². The molecule has 11 aromatic carbocycles. The van der Waals surface area contributed by atoms with Crippen molar-refractivity contribution in [3.05, 3.63) is 277 Å². The van der Waals surface area contributed by atoms with Gasteiger partial charge in [0.25, 0.3) is 0 Å². The number of furan rings is 1. The number of aromatic nitrogens is 1. The Morgan fingerprint density at radius 1 is 0.329 bits per heavy atom. The van der Waals surface area contributed by atoms with Gasteiger partial charge in [-0.1, -0.05) is 194 Å². The van der Waals surface area contributed by atoms with Gasteiger partial charge in [0, 0.05) is 38.5 Å². The molecule has 0 amide bonds. The molecule has 0 unspecified atom stereocenters. The molecule has 2 aromatic heterocycles. The minimum absolute atomic E-state index is 0.590. The molecule has 0 bridgehead atoms. The minimum atomic E-state index is -0.590. The van der Waals surface area contributed by atoms with Crippen LogP contribution in [0.4, 0.5) is 17.1 Å². The predicted octanol–water partition coefficient (Wildman–Crippen LogP) is 17.8. The molecule has 3 heteroatoms. The zero-order valence-corrected chi connectivity index (χ0v) is 38.1. The Kier molecular flexibility index (Phi) is 8.28. The molecule has 3 heterocycles. The van der Waals surface area contributed by atoms with E-state index in [-0.39, 0.29) is 0 Å². The Balaban J connectivity index is 0.999. The first-order valence-corrected chi connectivity index (χ1v) is 24.2. The summed E-state index contributed by atoms with van der Waals surface area (Å²) in [6.07, 6.45) is 0. The minimum Gasteiger partial charge on any atom is -0.456 e. The summed E-state index contributed by atoms with van der Waals surface area (Å²) in [6, 6.07) is 93.8. The second-order valence-corrected chi connectivity index (χ2v) is 18.7. The van der Waals surface area contributed by atoms with E-state index in [1.165, 1.54) is 77.6 Å². The van der Waals surface area contributed by atoms with Gasteiger partial charge in [-0.2, -0.15) is 0 Å². The van der Waals surface area contributed by atoms with Crippen LogP contribution in [0.2, 0.25) is 0 Å². The second-order valence-electron chi connectivity index (χ2n) is 18.7. The average Bonchev–Trinajstić information content (AvgIpc) is 4.08.